The molecule has 5 N–H and O–H groups in total. The highest BCUT2D eigenvalue weighted by atomic mass is 19.1. The summed E-state index contributed by atoms with van der Waals surface area (Å²) in [5, 5.41) is 2.16. The first-order valence-electron chi connectivity index (χ1n) is 5.81. The van der Waals surface area contributed by atoms with Crippen LogP contribution in [0.2, 0.25) is 0 Å². The summed E-state index contributed by atoms with van der Waals surface area (Å²) >= 11 is 0. The largest absolute Gasteiger partial charge is 0.455 e. The summed E-state index contributed by atoms with van der Waals surface area (Å²) in [6.45, 7) is 0.101. The van der Waals surface area contributed by atoms with Crippen LogP contribution in [0.5, 0.6) is 0 Å². The van der Waals surface area contributed by atoms with Crippen LogP contribution in [0, 0.1) is 11.6 Å². The molecular weight excluding hydrogens is 284 g/mol. The maximum absolute atomic E-state index is 13.6. The number of halogens is 2. The monoisotopic (exact) mass is 295 g/mol. The predicted octanol–water partition coefficient (Wildman–Crippen LogP) is 1.37. The Labute approximate surface area is 117 Å². The fourth-order valence-electron chi connectivity index (χ4n) is 1.63. The molecule has 0 aliphatic rings. The predicted molar refractivity (Wildman–Crippen MR) is 69.4 cm³/mol. The molecule has 6 nitrogen and oxygen atoms in total. The molecular formula is C13H11F2N3O3. The Bertz CT molecular complexity index is 713. The number of carbonyl (C=O) groups is 2. The quantitative estimate of drug-likeness (QED) is 0.790. The van der Waals surface area contributed by atoms with Gasteiger partial charge in [-0.25, -0.2) is 8.78 Å². The van der Waals surface area contributed by atoms with E-state index in [9.17, 15) is 18.4 Å². The molecule has 8 heteroatoms. The molecule has 0 unspecified atom stereocenters. The van der Waals surface area contributed by atoms with E-state index in [0.29, 0.717) is 11.8 Å². The molecule has 21 heavy (non-hydrogen) atoms. The van der Waals surface area contributed by atoms with Crippen molar-refractivity contribution in [1.82, 2.24) is 0 Å². The standard InChI is InChI=1S/C13H11F2N3O3/c14-8-4-9(15)10(3-7(8)12(17)19)18-13(20)11-2-1-6(5-16)21-11/h1-4H,5,16H2,(H2,17,19)(H,18,20). The van der Waals surface area contributed by atoms with Gasteiger partial charge in [-0.3, -0.25) is 9.59 Å². The maximum atomic E-state index is 13.6. The minimum absolute atomic E-state index is 0.0974. The van der Waals surface area contributed by atoms with Gasteiger partial charge in [0.1, 0.15) is 17.4 Å². The number of rotatable bonds is 4. The van der Waals surface area contributed by atoms with Crippen LogP contribution in [-0.2, 0) is 6.54 Å². The summed E-state index contributed by atoms with van der Waals surface area (Å²) in [5.41, 5.74) is 9.36. The molecule has 0 aliphatic heterocycles. The van der Waals surface area contributed by atoms with Gasteiger partial charge in [0, 0.05) is 6.07 Å². The second-order valence-corrected chi connectivity index (χ2v) is 4.10. The summed E-state index contributed by atoms with van der Waals surface area (Å²) in [7, 11) is 0. The van der Waals surface area contributed by atoms with Crippen molar-refractivity contribution in [2.24, 2.45) is 11.5 Å². The summed E-state index contributed by atoms with van der Waals surface area (Å²) in [5.74, 6) is -3.72. The Morgan fingerprint density at radius 2 is 1.90 bits per heavy atom. The normalized spacial score (nSPS) is 10.4. The van der Waals surface area contributed by atoms with Gasteiger partial charge >= 0.3 is 0 Å². The van der Waals surface area contributed by atoms with Crippen LogP contribution in [0.15, 0.2) is 28.7 Å². The second-order valence-electron chi connectivity index (χ2n) is 4.10. The average molecular weight is 295 g/mol. The molecule has 110 valence electrons. The van der Waals surface area contributed by atoms with Crippen molar-refractivity contribution in [3.05, 3.63) is 53.0 Å². The molecule has 1 aromatic heterocycles. The molecule has 0 bridgehead atoms. The molecule has 1 aromatic carbocycles. The lowest BCUT2D eigenvalue weighted by molar-refractivity contribution is 0.0985. The molecule has 0 saturated carbocycles. The van der Waals surface area contributed by atoms with Gasteiger partial charge in [0.05, 0.1) is 17.8 Å². The van der Waals surface area contributed by atoms with E-state index >= 15 is 0 Å². The van der Waals surface area contributed by atoms with Gasteiger partial charge in [-0.1, -0.05) is 0 Å². The average Bonchev–Trinajstić information content (AvgIpc) is 2.90. The van der Waals surface area contributed by atoms with Crippen LogP contribution in [0.3, 0.4) is 0 Å². The number of nitrogens with one attached hydrogen (secondary N) is 1. The number of benzene rings is 1. The van der Waals surface area contributed by atoms with Crippen LogP contribution in [0.4, 0.5) is 14.5 Å². The third-order valence-corrected chi connectivity index (χ3v) is 2.66. The van der Waals surface area contributed by atoms with Gasteiger partial charge in [-0.05, 0) is 18.2 Å². The molecule has 0 fully saturated rings. The van der Waals surface area contributed by atoms with Gasteiger partial charge in [-0.2, -0.15) is 0 Å². The lowest BCUT2D eigenvalue weighted by Crippen LogP contribution is -2.17. The van der Waals surface area contributed by atoms with E-state index in [-0.39, 0.29) is 18.0 Å². The number of furan rings is 1. The SMILES string of the molecule is NCc1ccc(C(=O)Nc2cc(C(N)=O)c(F)cc2F)o1. The van der Waals surface area contributed by atoms with Gasteiger partial charge in [-0.15, -0.1) is 0 Å². The maximum Gasteiger partial charge on any atom is 0.291 e. The summed E-state index contributed by atoms with van der Waals surface area (Å²) < 4.78 is 32.0. The van der Waals surface area contributed by atoms with Crippen molar-refractivity contribution >= 4 is 17.5 Å². The lowest BCUT2D eigenvalue weighted by atomic mass is 10.1. The van der Waals surface area contributed by atoms with Crippen molar-refractivity contribution < 1.29 is 22.8 Å². The topological polar surface area (TPSA) is 111 Å². The molecule has 0 saturated heterocycles. The fourth-order valence-corrected chi connectivity index (χ4v) is 1.63. The first kappa shape index (κ1) is 14.7. The molecule has 1 heterocycles. The van der Waals surface area contributed by atoms with Crippen LogP contribution >= 0.6 is 0 Å². The number of carbonyl (C=O) groups excluding carboxylic acids is 2. The lowest BCUT2D eigenvalue weighted by Gasteiger charge is -2.07. The number of nitrogens with two attached hydrogens (primary N) is 2. The Balaban J connectivity index is 2.28. The highest BCUT2D eigenvalue weighted by Gasteiger charge is 2.17. The van der Waals surface area contributed by atoms with Crippen LogP contribution in [0.1, 0.15) is 26.7 Å². The van der Waals surface area contributed by atoms with E-state index in [1.54, 1.807) is 0 Å². The second kappa shape index (κ2) is 5.71. The number of anilines is 1. The summed E-state index contributed by atoms with van der Waals surface area (Å²) in [6, 6.07) is 4.12. The number of amides is 2. The minimum atomic E-state index is -1.11. The van der Waals surface area contributed by atoms with Crippen molar-refractivity contribution in [2.75, 3.05) is 5.32 Å². The molecule has 0 spiro atoms. The Hall–Kier alpha value is -2.74. The van der Waals surface area contributed by atoms with Gasteiger partial charge in [0.2, 0.25) is 0 Å². The Kier molecular flexibility index (Phi) is 3.99. The molecule has 0 atom stereocenters. The zero-order valence-corrected chi connectivity index (χ0v) is 10.7. The van der Waals surface area contributed by atoms with E-state index in [1.165, 1.54) is 12.1 Å². The van der Waals surface area contributed by atoms with Crippen molar-refractivity contribution in [3.63, 3.8) is 0 Å². The smallest absolute Gasteiger partial charge is 0.291 e. The van der Waals surface area contributed by atoms with E-state index in [1.807, 2.05) is 0 Å². The fraction of sp³-hybridized carbons (Fsp3) is 0.0769. The van der Waals surface area contributed by atoms with Gasteiger partial charge in [0.15, 0.2) is 5.76 Å². The number of hydrogen-bond acceptors (Lipinski definition) is 4. The Morgan fingerprint density at radius 3 is 2.48 bits per heavy atom. The minimum Gasteiger partial charge on any atom is -0.455 e. The first-order valence-corrected chi connectivity index (χ1v) is 5.81. The van der Waals surface area contributed by atoms with E-state index in [2.05, 4.69) is 5.32 Å². The highest BCUT2D eigenvalue weighted by Crippen LogP contribution is 2.20. The third-order valence-electron chi connectivity index (χ3n) is 2.66. The summed E-state index contributed by atoms with van der Waals surface area (Å²) in [6.07, 6.45) is 0. The zero-order valence-electron chi connectivity index (χ0n) is 10.7. The van der Waals surface area contributed by atoms with E-state index in [4.69, 9.17) is 15.9 Å². The van der Waals surface area contributed by atoms with Crippen molar-refractivity contribution in [1.29, 1.82) is 0 Å². The highest BCUT2D eigenvalue weighted by molar-refractivity contribution is 6.03. The van der Waals surface area contributed by atoms with Gasteiger partial charge in [0.25, 0.3) is 11.8 Å². The van der Waals surface area contributed by atoms with Crippen molar-refractivity contribution in [3.8, 4) is 0 Å². The van der Waals surface area contributed by atoms with Crippen LogP contribution in [0.25, 0.3) is 0 Å². The Morgan fingerprint density at radius 1 is 1.19 bits per heavy atom. The van der Waals surface area contributed by atoms with Crippen molar-refractivity contribution in [2.45, 2.75) is 6.54 Å². The molecule has 2 aromatic rings. The molecule has 2 rings (SSSR count). The summed E-state index contributed by atoms with van der Waals surface area (Å²) in [4.78, 5) is 22.8. The number of hydrogen-bond donors (Lipinski definition) is 3. The van der Waals surface area contributed by atoms with E-state index in [0.717, 1.165) is 6.07 Å². The zero-order chi connectivity index (χ0) is 15.6. The molecule has 2 amide bonds. The third kappa shape index (κ3) is 3.06. The first-order chi connectivity index (χ1) is 9.92. The van der Waals surface area contributed by atoms with Gasteiger partial charge < -0.3 is 21.2 Å². The van der Waals surface area contributed by atoms with Crippen LogP contribution in [-0.4, -0.2) is 11.8 Å². The van der Waals surface area contributed by atoms with E-state index < -0.39 is 29.0 Å². The molecule has 0 aliphatic carbocycles. The number of primary amides is 1. The molecule has 0 radical (unpaired) electrons. The van der Waals surface area contributed by atoms with Crippen LogP contribution < -0.4 is 16.8 Å².